The minimum absolute atomic E-state index is 0.252. The quantitative estimate of drug-likeness (QED) is 0.880. The minimum Gasteiger partial charge on any atom is -0.364 e. The highest BCUT2D eigenvalue weighted by Crippen LogP contribution is 2.25. The summed E-state index contributed by atoms with van der Waals surface area (Å²) in [6.07, 6.45) is 1.72. The van der Waals surface area contributed by atoms with Gasteiger partial charge in [0.2, 0.25) is 0 Å². The molecule has 0 aliphatic carbocycles. The molecule has 0 saturated carbocycles. The van der Waals surface area contributed by atoms with Gasteiger partial charge in [0.25, 0.3) is 5.91 Å². The van der Waals surface area contributed by atoms with Gasteiger partial charge in [-0.2, -0.15) is 5.10 Å². The lowest BCUT2D eigenvalue weighted by atomic mass is 10.1. The third-order valence-electron chi connectivity index (χ3n) is 3.07. The Labute approximate surface area is 126 Å². The first-order chi connectivity index (χ1) is 9.52. The summed E-state index contributed by atoms with van der Waals surface area (Å²) in [5.74, 6) is -0.530. The number of hydrogen-bond acceptors (Lipinski definition) is 3. The van der Waals surface area contributed by atoms with Crippen molar-refractivity contribution in [1.82, 2.24) is 15.1 Å². The Bertz CT molecular complexity index is 623. The van der Waals surface area contributed by atoms with Crippen LogP contribution in [0, 0.1) is 0 Å². The third kappa shape index (κ3) is 3.08. The monoisotopic (exact) mass is 336 g/mol. The average Bonchev–Trinajstić information content (AvgIpc) is 2.88. The van der Waals surface area contributed by atoms with Crippen molar-refractivity contribution in [3.8, 4) is 5.69 Å². The Hall–Kier alpha value is -1.66. The molecule has 3 N–H and O–H groups in total. The molecular weight excluding hydrogens is 320 g/mol. The Morgan fingerprint density at radius 3 is 2.80 bits per heavy atom. The summed E-state index contributed by atoms with van der Waals surface area (Å²) in [5.41, 5.74) is 7.51. The maximum Gasteiger partial charge on any atom is 0.269 e. The molecule has 2 aromatic rings. The average molecular weight is 337 g/mol. The molecule has 106 valence electrons. The van der Waals surface area contributed by atoms with E-state index in [4.69, 9.17) is 5.73 Å². The van der Waals surface area contributed by atoms with Crippen molar-refractivity contribution in [3.63, 3.8) is 0 Å². The van der Waals surface area contributed by atoms with Crippen LogP contribution in [0.5, 0.6) is 0 Å². The molecule has 1 amide bonds. The summed E-state index contributed by atoms with van der Waals surface area (Å²) in [6.45, 7) is 5.11. The van der Waals surface area contributed by atoms with Crippen molar-refractivity contribution in [2.75, 3.05) is 6.54 Å². The third-order valence-corrected chi connectivity index (χ3v) is 3.71. The second-order valence-electron chi connectivity index (χ2n) is 4.50. The van der Waals surface area contributed by atoms with Crippen LogP contribution in [-0.4, -0.2) is 22.2 Å². The van der Waals surface area contributed by atoms with Gasteiger partial charge in [-0.05, 0) is 53.2 Å². The number of rotatable bonds is 5. The topological polar surface area (TPSA) is 72.9 Å². The SMILES string of the molecule is CCNC(C)c1ccc(-n2ccc(C(N)=O)n2)c(Br)c1. The summed E-state index contributed by atoms with van der Waals surface area (Å²) < 4.78 is 2.55. The van der Waals surface area contributed by atoms with Gasteiger partial charge in [-0.3, -0.25) is 4.79 Å². The molecule has 1 aromatic carbocycles. The zero-order valence-electron chi connectivity index (χ0n) is 11.4. The number of amides is 1. The second-order valence-corrected chi connectivity index (χ2v) is 5.35. The summed E-state index contributed by atoms with van der Waals surface area (Å²) in [5, 5.41) is 7.51. The maximum absolute atomic E-state index is 11.1. The molecule has 2 rings (SSSR count). The number of nitrogens with two attached hydrogens (primary N) is 1. The minimum atomic E-state index is -0.530. The zero-order chi connectivity index (χ0) is 14.7. The Morgan fingerprint density at radius 2 is 2.25 bits per heavy atom. The fourth-order valence-corrected chi connectivity index (χ4v) is 2.57. The van der Waals surface area contributed by atoms with Crippen molar-refractivity contribution in [3.05, 3.63) is 46.2 Å². The number of aromatic nitrogens is 2. The lowest BCUT2D eigenvalue weighted by Crippen LogP contribution is -2.17. The highest BCUT2D eigenvalue weighted by atomic mass is 79.9. The van der Waals surface area contributed by atoms with Crippen LogP contribution >= 0.6 is 15.9 Å². The number of primary amides is 1. The number of nitrogens with one attached hydrogen (secondary N) is 1. The Balaban J connectivity index is 2.31. The normalized spacial score (nSPS) is 12.3. The molecule has 0 bridgehead atoms. The van der Waals surface area contributed by atoms with Crippen molar-refractivity contribution >= 4 is 21.8 Å². The summed E-state index contributed by atoms with van der Waals surface area (Å²) in [7, 11) is 0. The van der Waals surface area contributed by atoms with Crippen LogP contribution in [0.1, 0.15) is 35.9 Å². The highest BCUT2D eigenvalue weighted by Gasteiger charge is 2.11. The standard InChI is InChI=1S/C14H17BrN4O/c1-3-17-9(2)10-4-5-13(11(15)8-10)19-7-6-12(18-19)14(16)20/h4-9,17H,3H2,1-2H3,(H2,16,20). The van der Waals surface area contributed by atoms with Crippen LogP contribution < -0.4 is 11.1 Å². The smallest absolute Gasteiger partial charge is 0.269 e. The lowest BCUT2D eigenvalue weighted by Gasteiger charge is -2.14. The van der Waals surface area contributed by atoms with E-state index in [1.165, 1.54) is 5.56 Å². The van der Waals surface area contributed by atoms with Crippen molar-refractivity contribution in [2.24, 2.45) is 5.73 Å². The number of halogens is 1. The van der Waals surface area contributed by atoms with Gasteiger partial charge in [-0.15, -0.1) is 0 Å². The molecule has 1 unspecified atom stereocenters. The van der Waals surface area contributed by atoms with Gasteiger partial charge >= 0.3 is 0 Å². The number of carbonyl (C=O) groups excluding carboxylic acids is 1. The van der Waals surface area contributed by atoms with E-state index < -0.39 is 5.91 Å². The van der Waals surface area contributed by atoms with Gasteiger partial charge < -0.3 is 11.1 Å². The van der Waals surface area contributed by atoms with E-state index in [-0.39, 0.29) is 11.7 Å². The molecular formula is C14H17BrN4O. The lowest BCUT2D eigenvalue weighted by molar-refractivity contribution is 0.0995. The molecule has 0 aliphatic rings. The fourth-order valence-electron chi connectivity index (χ4n) is 1.99. The van der Waals surface area contributed by atoms with E-state index in [9.17, 15) is 4.79 Å². The number of nitrogens with zero attached hydrogens (tertiary/aromatic N) is 2. The predicted octanol–water partition coefficient (Wildman–Crippen LogP) is 2.40. The van der Waals surface area contributed by atoms with Gasteiger partial charge in [-0.25, -0.2) is 4.68 Å². The van der Waals surface area contributed by atoms with E-state index in [0.717, 1.165) is 16.7 Å². The first-order valence-corrected chi connectivity index (χ1v) is 7.21. The molecule has 20 heavy (non-hydrogen) atoms. The molecule has 6 heteroatoms. The molecule has 1 aromatic heterocycles. The Morgan fingerprint density at radius 1 is 1.50 bits per heavy atom. The predicted molar refractivity (Wildman–Crippen MR) is 81.9 cm³/mol. The largest absolute Gasteiger partial charge is 0.364 e. The summed E-state index contributed by atoms with van der Waals surface area (Å²) in [4.78, 5) is 11.1. The number of benzene rings is 1. The molecule has 0 fully saturated rings. The van der Waals surface area contributed by atoms with Crippen LogP contribution in [0.2, 0.25) is 0 Å². The van der Waals surface area contributed by atoms with Gasteiger partial charge in [-0.1, -0.05) is 13.0 Å². The van der Waals surface area contributed by atoms with E-state index >= 15 is 0 Å². The van der Waals surface area contributed by atoms with Crippen molar-refractivity contribution in [1.29, 1.82) is 0 Å². The van der Waals surface area contributed by atoms with E-state index in [1.807, 2.05) is 18.2 Å². The van der Waals surface area contributed by atoms with Gasteiger partial charge in [0.05, 0.1) is 5.69 Å². The Kier molecular flexibility index (Phi) is 4.57. The zero-order valence-corrected chi connectivity index (χ0v) is 13.0. The summed E-state index contributed by atoms with van der Waals surface area (Å²) in [6, 6.07) is 7.94. The van der Waals surface area contributed by atoms with E-state index in [0.29, 0.717) is 0 Å². The molecule has 0 saturated heterocycles. The number of hydrogen-bond donors (Lipinski definition) is 2. The highest BCUT2D eigenvalue weighted by molar-refractivity contribution is 9.10. The van der Waals surface area contributed by atoms with E-state index in [2.05, 4.69) is 40.2 Å². The molecule has 0 aliphatic heterocycles. The van der Waals surface area contributed by atoms with Crippen LogP contribution in [-0.2, 0) is 0 Å². The van der Waals surface area contributed by atoms with Gasteiger partial charge in [0.1, 0.15) is 5.69 Å². The van der Waals surface area contributed by atoms with Gasteiger partial charge in [0, 0.05) is 16.7 Å². The summed E-state index contributed by atoms with van der Waals surface area (Å²) >= 11 is 3.54. The van der Waals surface area contributed by atoms with Crippen molar-refractivity contribution < 1.29 is 4.79 Å². The van der Waals surface area contributed by atoms with Crippen LogP contribution in [0.4, 0.5) is 0 Å². The molecule has 1 heterocycles. The molecule has 5 nitrogen and oxygen atoms in total. The van der Waals surface area contributed by atoms with Crippen LogP contribution in [0.15, 0.2) is 34.9 Å². The maximum atomic E-state index is 11.1. The second kappa shape index (κ2) is 6.19. The first-order valence-electron chi connectivity index (χ1n) is 6.41. The first kappa shape index (κ1) is 14.7. The number of carbonyl (C=O) groups is 1. The molecule has 0 radical (unpaired) electrons. The molecule has 0 spiro atoms. The van der Waals surface area contributed by atoms with E-state index in [1.54, 1.807) is 16.9 Å². The molecule has 1 atom stereocenters. The fraction of sp³-hybridized carbons (Fsp3) is 0.286. The van der Waals surface area contributed by atoms with Crippen molar-refractivity contribution in [2.45, 2.75) is 19.9 Å². The van der Waals surface area contributed by atoms with Crippen LogP contribution in [0.25, 0.3) is 5.69 Å². The van der Waals surface area contributed by atoms with Gasteiger partial charge in [0.15, 0.2) is 0 Å². The van der Waals surface area contributed by atoms with Crippen LogP contribution in [0.3, 0.4) is 0 Å².